The van der Waals surface area contributed by atoms with Gasteiger partial charge in [-0.3, -0.25) is 4.79 Å². The minimum absolute atomic E-state index is 0.0425. The first-order chi connectivity index (χ1) is 11.3. The summed E-state index contributed by atoms with van der Waals surface area (Å²) in [4.78, 5) is 19.9. The molecule has 0 bridgehead atoms. The lowest BCUT2D eigenvalue weighted by Gasteiger charge is -2.20. The first-order valence-corrected chi connectivity index (χ1v) is 8.46. The van der Waals surface area contributed by atoms with Crippen LogP contribution in [0.4, 0.5) is 0 Å². The lowest BCUT2D eigenvalue weighted by atomic mass is 9.87. The predicted octanol–water partition coefficient (Wildman–Crippen LogP) is 3.15. The number of piperidine rings is 1. The maximum absolute atomic E-state index is 11.2. The van der Waals surface area contributed by atoms with E-state index in [9.17, 15) is 4.79 Å². The van der Waals surface area contributed by atoms with Gasteiger partial charge in [0.05, 0.1) is 5.56 Å². The van der Waals surface area contributed by atoms with Gasteiger partial charge in [0.1, 0.15) is 5.15 Å². The zero-order valence-corrected chi connectivity index (χ0v) is 14.9. The molecule has 2 aromatic rings. The highest BCUT2D eigenvalue weighted by Crippen LogP contribution is 2.30. The minimum Gasteiger partial charge on any atom is -0.356 e. The number of aromatic nitrogens is 3. The maximum atomic E-state index is 11.2. The third-order valence-corrected chi connectivity index (χ3v) is 4.55. The van der Waals surface area contributed by atoms with Gasteiger partial charge in [-0.25, -0.2) is 4.98 Å². The van der Waals surface area contributed by atoms with Crippen LogP contribution in [0, 0.1) is 5.92 Å². The Morgan fingerprint density at radius 1 is 1.42 bits per heavy atom. The molecule has 1 fully saturated rings. The standard InChI is InChI=1S/C17H21ClN4O2/c1-17(2,3)11-7-12(15(18)20-9-11)16-21-14(24-22-16)6-10-4-5-13(23)19-8-10/h7,9-10H,4-6,8H2,1-3H3,(H,19,23). The molecule has 1 aliphatic heterocycles. The molecule has 24 heavy (non-hydrogen) atoms. The normalized spacial score (nSPS) is 18.5. The number of pyridine rings is 1. The van der Waals surface area contributed by atoms with Crippen molar-refractivity contribution < 1.29 is 9.32 Å². The van der Waals surface area contributed by atoms with Gasteiger partial charge >= 0.3 is 0 Å². The van der Waals surface area contributed by atoms with Crippen molar-refractivity contribution in [1.82, 2.24) is 20.4 Å². The van der Waals surface area contributed by atoms with Crippen LogP contribution >= 0.6 is 11.6 Å². The molecule has 0 aromatic carbocycles. The van der Waals surface area contributed by atoms with E-state index < -0.39 is 0 Å². The van der Waals surface area contributed by atoms with E-state index in [1.165, 1.54) is 0 Å². The van der Waals surface area contributed by atoms with E-state index in [0.717, 1.165) is 12.0 Å². The predicted molar refractivity (Wildman–Crippen MR) is 90.7 cm³/mol. The second-order valence-corrected chi connectivity index (χ2v) is 7.60. The molecule has 0 aliphatic carbocycles. The number of nitrogens with zero attached hydrogens (tertiary/aromatic N) is 3. The average Bonchev–Trinajstić information content (AvgIpc) is 2.97. The van der Waals surface area contributed by atoms with E-state index in [4.69, 9.17) is 16.1 Å². The summed E-state index contributed by atoms with van der Waals surface area (Å²) < 4.78 is 5.37. The third-order valence-electron chi connectivity index (χ3n) is 4.24. The van der Waals surface area contributed by atoms with Gasteiger partial charge in [-0.1, -0.05) is 37.5 Å². The van der Waals surface area contributed by atoms with Gasteiger partial charge in [-0.15, -0.1) is 0 Å². The van der Waals surface area contributed by atoms with E-state index in [-0.39, 0.29) is 11.3 Å². The van der Waals surface area contributed by atoms with Crippen molar-refractivity contribution in [3.8, 4) is 11.4 Å². The van der Waals surface area contributed by atoms with Gasteiger partial charge in [0.2, 0.25) is 17.6 Å². The van der Waals surface area contributed by atoms with Gasteiger partial charge < -0.3 is 9.84 Å². The zero-order chi connectivity index (χ0) is 17.3. The Balaban J connectivity index is 1.79. The third kappa shape index (κ3) is 3.75. The summed E-state index contributed by atoms with van der Waals surface area (Å²) in [6.45, 7) is 6.99. The Labute approximate surface area is 146 Å². The molecule has 1 aliphatic rings. The number of amides is 1. The van der Waals surface area contributed by atoms with Crippen molar-refractivity contribution in [3.63, 3.8) is 0 Å². The van der Waals surface area contributed by atoms with Crippen molar-refractivity contribution in [2.45, 2.75) is 45.4 Å². The van der Waals surface area contributed by atoms with E-state index in [2.05, 4.69) is 41.2 Å². The molecular formula is C17H21ClN4O2. The highest BCUT2D eigenvalue weighted by Gasteiger charge is 2.23. The molecule has 3 rings (SSSR count). The highest BCUT2D eigenvalue weighted by atomic mass is 35.5. The van der Waals surface area contributed by atoms with Gasteiger partial charge in [0.25, 0.3) is 0 Å². The van der Waals surface area contributed by atoms with Crippen LogP contribution < -0.4 is 5.32 Å². The summed E-state index contributed by atoms with van der Waals surface area (Å²) in [5.41, 5.74) is 1.69. The Hall–Kier alpha value is -1.95. The average molecular weight is 349 g/mol. The molecule has 1 saturated heterocycles. The number of nitrogens with one attached hydrogen (secondary N) is 1. The molecule has 1 amide bonds. The molecule has 6 nitrogen and oxygen atoms in total. The van der Waals surface area contributed by atoms with E-state index >= 15 is 0 Å². The van der Waals surface area contributed by atoms with Crippen LogP contribution in [0.25, 0.3) is 11.4 Å². The summed E-state index contributed by atoms with van der Waals surface area (Å²) in [5.74, 6) is 1.44. The van der Waals surface area contributed by atoms with Crippen LogP contribution in [0.15, 0.2) is 16.8 Å². The Bertz CT molecular complexity index is 741. The number of carbonyl (C=O) groups excluding carboxylic acids is 1. The van der Waals surface area contributed by atoms with Crippen molar-refractivity contribution in [2.24, 2.45) is 5.92 Å². The monoisotopic (exact) mass is 348 g/mol. The van der Waals surface area contributed by atoms with Crippen LogP contribution in [-0.2, 0) is 16.6 Å². The molecule has 2 aromatic heterocycles. The van der Waals surface area contributed by atoms with Crippen molar-refractivity contribution in [2.75, 3.05) is 6.54 Å². The largest absolute Gasteiger partial charge is 0.356 e. The molecule has 3 heterocycles. The highest BCUT2D eigenvalue weighted by molar-refractivity contribution is 6.31. The fraction of sp³-hybridized carbons (Fsp3) is 0.529. The van der Waals surface area contributed by atoms with E-state index in [0.29, 0.717) is 47.7 Å². The van der Waals surface area contributed by atoms with Gasteiger partial charge in [0.15, 0.2) is 0 Å². The molecule has 7 heteroatoms. The first-order valence-electron chi connectivity index (χ1n) is 8.08. The van der Waals surface area contributed by atoms with Crippen LogP contribution in [0.2, 0.25) is 5.15 Å². The number of rotatable bonds is 3. The number of hydrogen-bond donors (Lipinski definition) is 1. The number of halogens is 1. The van der Waals surface area contributed by atoms with Crippen molar-refractivity contribution >= 4 is 17.5 Å². The fourth-order valence-corrected chi connectivity index (χ4v) is 2.86. The quantitative estimate of drug-likeness (QED) is 0.862. The van der Waals surface area contributed by atoms with Crippen molar-refractivity contribution in [3.05, 3.63) is 28.9 Å². The van der Waals surface area contributed by atoms with Crippen LogP contribution in [-0.4, -0.2) is 27.6 Å². The summed E-state index contributed by atoms with van der Waals surface area (Å²) in [6.07, 6.45) is 3.81. The lowest BCUT2D eigenvalue weighted by molar-refractivity contribution is -0.122. The molecule has 1 N–H and O–H groups in total. The fourth-order valence-electron chi connectivity index (χ4n) is 2.67. The minimum atomic E-state index is -0.0425. The Morgan fingerprint density at radius 3 is 2.88 bits per heavy atom. The molecule has 0 saturated carbocycles. The zero-order valence-electron chi connectivity index (χ0n) is 14.1. The molecule has 128 valence electrons. The van der Waals surface area contributed by atoms with Crippen molar-refractivity contribution in [1.29, 1.82) is 0 Å². The molecule has 0 radical (unpaired) electrons. The first kappa shape index (κ1) is 16.9. The molecule has 0 spiro atoms. The summed E-state index contributed by atoms with van der Waals surface area (Å²) in [5, 5.41) is 7.28. The smallest absolute Gasteiger partial charge is 0.227 e. The van der Waals surface area contributed by atoms with E-state index in [1.54, 1.807) is 6.20 Å². The second-order valence-electron chi connectivity index (χ2n) is 7.24. The summed E-state index contributed by atoms with van der Waals surface area (Å²) in [6, 6.07) is 1.96. The van der Waals surface area contributed by atoms with Gasteiger partial charge in [0, 0.05) is 25.6 Å². The summed E-state index contributed by atoms with van der Waals surface area (Å²) >= 11 is 6.22. The molecule has 1 atom stereocenters. The van der Waals surface area contributed by atoms with Crippen LogP contribution in [0.1, 0.15) is 45.1 Å². The summed E-state index contributed by atoms with van der Waals surface area (Å²) in [7, 11) is 0. The Kier molecular flexibility index (Phi) is 4.58. The second kappa shape index (κ2) is 6.51. The number of carbonyl (C=O) groups is 1. The lowest BCUT2D eigenvalue weighted by Crippen LogP contribution is -2.35. The molecule has 1 unspecified atom stereocenters. The van der Waals surface area contributed by atoms with Crippen LogP contribution in [0.5, 0.6) is 0 Å². The Morgan fingerprint density at radius 2 is 2.21 bits per heavy atom. The maximum Gasteiger partial charge on any atom is 0.227 e. The SMILES string of the molecule is CC(C)(C)c1cnc(Cl)c(-c2noc(CC3CCC(=O)NC3)n2)c1. The topological polar surface area (TPSA) is 80.9 Å². The van der Waals surface area contributed by atoms with Gasteiger partial charge in [-0.2, -0.15) is 4.98 Å². The van der Waals surface area contributed by atoms with Crippen LogP contribution in [0.3, 0.4) is 0 Å². The number of hydrogen-bond acceptors (Lipinski definition) is 5. The molecular weight excluding hydrogens is 328 g/mol. The van der Waals surface area contributed by atoms with Gasteiger partial charge in [-0.05, 0) is 29.4 Å². The van der Waals surface area contributed by atoms with E-state index in [1.807, 2.05) is 6.07 Å².